The van der Waals surface area contributed by atoms with Gasteiger partial charge in [-0.15, -0.1) is 0 Å². The molecule has 0 radical (unpaired) electrons. The lowest BCUT2D eigenvalue weighted by molar-refractivity contribution is -0.116. The number of hydrogen-bond donors (Lipinski definition) is 0. The number of aliphatic imine (C=N–C) groups is 1. The second-order valence-electron chi connectivity index (χ2n) is 7.66. The van der Waals surface area contributed by atoms with E-state index in [1.807, 2.05) is 38.1 Å². The molecule has 4 rings (SSSR count). The van der Waals surface area contributed by atoms with Gasteiger partial charge >= 0.3 is 0 Å². The summed E-state index contributed by atoms with van der Waals surface area (Å²) in [5, 5.41) is -0.180. The van der Waals surface area contributed by atoms with E-state index < -0.39 is 11.1 Å². The largest absolute Gasteiger partial charge is 0.494 e. The van der Waals surface area contributed by atoms with Gasteiger partial charge in [-0.3, -0.25) is 14.5 Å². The zero-order valence-corrected chi connectivity index (χ0v) is 20.3. The van der Waals surface area contributed by atoms with Crippen molar-refractivity contribution in [2.45, 2.75) is 25.5 Å². The van der Waals surface area contributed by atoms with Gasteiger partial charge in [-0.25, -0.2) is 9.38 Å². The molecule has 1 saturated heterocycles. The lowest BCUT2D eigenvalue weighted by Crippen LogP contribution is -2.32. The van der Waals surface area contributed by atoms with Crippen LogP contribution in [0.3, 0.4) is 0 Å². The third-order valence-corrected chi connectivity index (χ3v) is 6.39. The fraction of sp³-hybridized carbons (Fsp3) is 0.222. The summed E-state index contributed by atoms with van der Waals surface area (Å²) in [6.07, 6.45) is -0.0229. The summed E-state index contributed by atoms with van der Waals surface area (Å²) in [6.45, 7) is 4.92. The Morgan fingerprint density at radius 2 is 1.49 bits per heavy atom. The van der Waals surface area contributed by atoms with E-state index in [9.17, 15) is 14.0 Å². The maximum Gasteiger partial charge on any atom is 0.247 e. The van der Waals surface area contributed by atoms with Crippen LogP contribution in [0.25, 0.3) is 0 Å². The lowest BCUT2D eigenvalue weighted by Gasteiger charge is -2.17. The molecule has 1 aliphatic rings. The normalized spacial score (nSPS) is 16.5. The molecule has 3 aromatic rings. The minimum atomic E-state index is -0.652. The average molecular weight is 493 g/mol. The molecule has 1 aliphatic heterocycles. The molecule has 1 atom stereocenters. The third-order valence-electron chi connectivity index (χ3n) is 5.25. The highest BCUT2D eigenvalue weighted by Gasteiger charge is 2.40. The van der Waals surface area contributed by atoms with Gasteiger partial charge in [0.05, 0.1) is 29.8 Å². The Labute approximate surface area is 207 Å². The first-order valence-corrected chi connectivity index (χ1v) is 12.2. The number of amidine groups is 1. The summed E-state index contributed by atoms with van der Waals surface area (Å²) in [4.78, 5) is 32.5. The Hall–Kier alpha value is -3.65. The monoisotopic (exact) mass is 492 g/mol. The van der Waals surface area contributed by atoms with Gasteiger partial charge in [0.1, 0.15) is 17.3 Å². The van der Waals surface area contributed by atoms with E-state index in [1.54, 1.807) is 24.3 Å². The van der Waals surface area contributed by atoms with Crippen molar-refractivity contribution in [3.8, 4) is 11.5 Å². The van der Waals surface area contributed by atoms with Crippen molar-refractivity contribution in [3.63, 3.8) is 0 Å². The molecule has 8 heteroatoms. The van der Waals surface area contributed by atoms with Crippen LogP contribution in [0.4, 0.5) is 15.8 Å². The highest BCUT2D eigenvalue weighted by molar-refractivity contribution is 8.16. The molecule has 1 heterocycles. The van der Waals surface area contributed by atoms with Gasteiger partial charge in [0.25, 0.3) is 0 Å². The highest BCUT2D eigenvalue weighted by Crippen LogP contribution is 2.36. The molecule has 0 N–H and O–H groups in total. The first-order valence-electron chi connectivity index (χ1n) is 11.3. The summed E-state index contributed by atoms with van der Waals surface area (Å²) >= 11 is 1.24. The van der Waals surface area contributed by atoms with Gasteiger partial charge in [-0.2, -0.15) is 0 Å². The highest BCUT2D eigenvalue weighted by atomic mass is 32.2. The van der Waals surface area contributed by atoms with Crippen LogP contribution in [0, 0.1) is 5.82 Å². The Kier molecular flexibility index (Phi) is 7.82. The van der Waals surface area contributed by atoms with Crippen LogP contribution >= 0.6 is 11.8 Å². The number of anilines is 1. The molecule has 1 fully saturated rings. The molecule has 35 heavy (non-hydrogen) atoms. The predicted octanol–water partition coefficient (Wildman–Crippen LogP) is 6.03. The fourth-order valence-electron chi connectivity index (χ4n) is 3.59. The maximum atomic E-state index is 13.4. The molecule has 0 bridgehead atoms. The van der Waals surface area contributed by atoms with Crippen LogP contribution in [0.2, 0.25) is 0 Å². The molecule has 6 nitrogen and oxygen atoms in total. The zero-order valence-electron chi connectivity index (χ0n) is 19.4. The number of ketones is 1. The van der Waals surface area contributed by atoms with Gasteiger partial charge < -0.3 is 9.47 Å². The summed E-state index contributed by atoms with van der Waals surface area (Å²) in [7, 11) is 0. The Morgan fingerprint density at radius 1 is 0.914 bits per heavy atom. The standard InChI is InChI=1S/C27H25FN2O4S/c1-3-33-22-13-9-20(10-14-22)29-27-30(21-11-15-23(16-12-21)34-4-2)26(32)25(35-27)17-24(31)18-5-7-19(28)8-6-18/h5-16,25H,3-4,17H2,1-2H3/t25-/m0/s1. The number of carbonyl (C=O) groups is 2. The second-order valence-corrected chi connectivity index (χ2v) is 8.83. The van der Waals surface area contributed by atoms with Crippen molar-refractivity contribution in [2.75, 3.05) is 18.1 Å². The molecular formula is C27H25FN2O4S. The van der Waals surface area contributed by atoms with Gasteiger partial charge in [-0.05, 0) is 86.6 Å². The lowest BCUT2D eigenvalue weighted by atomic mass is 10.1. The number of carbonyl (C=O) groups excluding carboxylic acids is 2. The predicted molar refractivity (Wildman–Crippen MR) is 137 cm³/mol. The minimum Gasteiger partial charge on any atom is -0.494 e. The number of thioether (sulfide) groups is 1. The quantitative estimate of drug-likeness (QED) is 0.341. The Balaban J connectivity index is 1.62. The van der Waals surface area contributed by atoms with Crippen molar-refractivity contribution in [3.05, 3.63) is 84.2 Å². The van der Waals surface area contributed by atoms with Crippen molar-refractivity contribution < 1.29 is 23.5 Å². The van der Waals surface area contributed by atoms with E-state index in [0.29, 0.717) is 41.1 Å². The fourth-order valence-corrected chi connectivity index (χ4v) is 4.74. The van der Waals surface area contributed by atoms with Gasteiger partial charge in [0, 0.05) is 12.0 Å². The molecule has 0 spiro atoms. The summed E-state index contributed by atoms with van der Waals surface area (Å²) < 4.78 is 24.3. The molecule has 0 aliphatic carbocycles. The Bertz CT molecular complexity index is 1210. The number of nitrogens with zero attached hydrogens (tertiary/aromatic N) is 2. The number of halogens is 1. The average Bonchev–Trinajstić information content (AvgIpc) is 3.16. The van der Waals surface area contributed by atoms with Gasteiger partial charge in [0.15, 0.2) is 11.0 Å². The minimum absolute atomic E-state index is 0.0229. The first kappa shape index (κ1) is 24.5. The van der Waals surface area contributed by atoms with Crippen LogP contribution in [-0.4, -0.2) is 35.3 Å². The molecule has 180 valence electrons. The number of amides is 1. The van der Waals surface area contributed by atoms with E-state index in [0.717, 1.165) is 5.75 Å². The van der Waals surface area contributed by atoms with Crippen LogP contribution in [0.15, 0.2) is 77.8 Å². The van der Waals surface area contributed by atoms with Gasteiger partial charge in [0.2, 0.25) is 5.91 Å². The molecule has 0 unspecified atom stereocenters. The summed E-state index contributed by atoms with van der Waals surface area (Å²) in [5.41, 5.74) is 1.65. The van der Waals surface area contributed by atoms with E-state index in [2.05, 4.69) is 0 Å². The zero-order chi connectivity index (χ0) is 24.8. The molecule has 1 amide bonds. The van der Waals surface area contributed by atoms with Crippen molar-refractivity contribution in [2.24, 2.45) is 4.99 Å². The topological polar surface area (TPSA) is 68.2 Å². The number of benzene rings is 3. The molecule has 0 aromatic heterocycles. The third kappa shape index (κ3) is 5.89. The van der Waals surface area contributed by atoms with E-state index >= 15 is 0 Å². The van der Waals surface area contributed by atoms with Crippen molar-refractivity contribution in [1.29, 1.82) is 0 Å². The number of Topliss-reactive ketones (excluding diaryl/α,β-unsaturated/α-hetero) is 1. The van der Waals surface area contributed by atoms with E-state index in [4.69, 9.17) is 14.5 Å². The number of rotatable bonds is 9. The molecule has 0 saturated carbocycles. The molecular weight excluding hydrogens is 467 g/mol. The van der Waals surface area contributed by atoms with Crippen molar-refractivity contribution >= 4 is 40.0 Å². The maximum absolute atomic E-state index is 13.4. The van der Waals surface area contributed by atoms with E-state index in [-0.39, 0.29) is 18.1 Å². The van der Waals surface area contributed by atoms with Crippen molar-refractivity contribution in [1.82, 2.24) is 0 Å². The summed E-state index contributed by atoms with van der Waals surface area (Å²) in [6, 6.07) is 19.8. The van der Waals surface area contributed by atoms with Gasteiger partial charge in [-0.1, -0.05) is 11.8 Å². The van der Waals surface area contributed by atoms with Crippen LogP contribution in [-0.2, 0) is 4.79 Å². The first-order chi connectivity index (χ1) is 17.0. The van der Waals surface area contributed by atoms with E-state index in [1.165, 1.54) is 40.9 Å². The van der Waals surface area contributed by atoms with Crippen LogP contribution in [0.5, 0.6) is 11.5 Å². The molecule has 3 aromatic carbocycles. The Morgan fingerprint density at radius 3 is 2.06 bits per heavy atom. The second kappa shape index (κ2) is 11.2. The number of ether oxygens (including phenoxy) is 2. The van der Waals surface area contributed by atoms with Crippen LogP contribution in [0.1, 0.15) is 30.6 Å². The summed E-state index contributed by atoms with van der Waals surface area (Å²) in [5.74, 6) is 0.546. The number of hydrogen-bond acceptors (Lipinski definition) is 6. The van der Waals surface area contributed by atoms with Crippen LogP contribution < -0.4 is 14.4 Å². The SMILES string of the molecule is CCOc1ccc(N=C2S[C@@H](CC(=O)c3ccc(F)cc3)C(=O)N2c2ccc(OCC)cc2)cc1. The smallest absolute Gasteiger partial charge is 0.247 e.